The molecule has 2 amide bonds. The lowest BCUT2D eigenvalue weighted by Gasteiger charge is -2.23. The number of amides is 2. The summed E-state index contributed by atoms with van der Waals surface area (Å²) in [6.45, 7) is 5.43. The van der Waals surface area contributed by atoms with Gasteiger partial charge in [0.1, 0.15) is 11.2 Å². The van der Waals surface area contributed by atoms with E-state index in [-0.39, 0.29) is 6.61 Å². The lowest BCUT2D eigenvalue weighted by atomic mass is 9.90. The van der Waals surface area contributed by atoms with Gasteiger partial charge in [-0.2, -0.15) is 0 Å². The van der Waals surface area contributed by atoms with Crippen molar-refractivity contribution in [2.45, 2.75) is 27.3 Å². The summed E-state index contributed by atoms with van der Waals surface area (Å²) >= 11 is 0. The number of carbonyl (C=O) groups excluding carboxylic acids is 3. The summed E-state index contributed by atoms with van der Waals surface area (Å²) < 4.78 is 10.0. The molecule has 154 valence electrons. The fourth-order valence-electron chi connectivity index (χ4n) is 2.44. The maximum absolute atomic E-state index is 12.6. The second-order valence-corrected chi connectivity index (χ2v) is 6.91. The van der Waals surface area contributed by atoms with Crippen LogP contribution in [0.3, 0.4) is 0 Å². The molecule has 0 bridgehead atoms. The highest BCUT2D eigenvalue weighted by molar-refractivity contribution is 6.09. The van der Waals surface area contributed by atoms with Gasteiger partial charge in [-0.15, -0.1) is 0 Å². The van der Waals surface area contributed by atoms with Gasteiger partial charge in [-0.1, -0.05) is 12.1 Å². The molecule has 2 aromatic carbocycles. The maximum atomic E-state index is 12.6. The van der Waals surface area contributed by atoms with Crippen LogP contribution < -0.4 is 15.4 Å². The van der Waals surface area contributed by atoms with E-state index in [1.54, 1.807) is 64.3 Å². The van der Waals surface area contributed by atoms with Crippen LogP contribution in [0.5, 0.6) is 5.75 Å². The lowest BCUT2D eigenvalue weighted by molar-refractivity contribution is -0.138. The van der Waals surface area contributed by atoms with E-state index in [1.807, 2.05) is 12.1 Å². The van der Waals surface area contributed by atoms with Crippen molar-refractivity contribution in [3.8, 4) is 5.75 Å². The smallest absolute Gasteiger partial charge is 0.338 e. The van der Waals surface area contributed by atoms with Crippen LogP contribution in [-0.4, -0.2) is 31.5 Å². The first-order chi connectivity index (χ1) is 13.8. The SMILES string of the molecule is CCOC(=O)c1ccc(NC(=O)C(C)(C)C(=O)NCc2ccc(OC)cc2)cc1. The standard InChI is InChI=1S/C22H26N2O5/c1-5-29-19(25)16-8-10-17(11-9-16)24-21(27)22(2,3)20(26)23-14-15-6-12-18(28-4)13-7-15/h6-13H,5,14H2,1-4H3,(H,23,26)(H,24,27). The molecule has 0 atom stereocenters. The molecule has 0 aliphatic heterocycles. The largest absolute Gasteiger partial charge is 0.497 e. The molecule has 29 heavy (non-hydrogen) atoms. The number of hydrogen-bond acceptors (Lipinski definition) is 5. The van der Waals surface area contributed by atoms with Crippen LogP contribution in [0.2, 0.25) is 0 Å². The fraction of sp³-hybridized carbons (Fsp3) is 0.318. The van der Waals surface area contributed by atoms with Crippen LogP contribution in [0, 0.1) is 5.41 Å². The number of methoxy groups -OCH3 is 1. The van der Waals surface area contributed by atoms with Crippen LogP contribution >= 0.6 is 0 Å². The van der Waals surface area contributed by atoms with Crippen LogP contribution in [0.1, 0.15) is 36.7 Å². The minimum atomic E-state index is -1.29. The molecule has 0 saturated carbocycles. The van der Waals surface area contributed by atoms with Gasteiger partial charge in [-0.3, -0.25) is 9.59 Å². The second kappa shape index (κ2) is 9.73. The number of ether oxygens (including phenoxy) is 2. The van der Waals surface area contributed by atoms with Gasteiger partial charge in [-0.05, 0) is 62.7 Å². The second-order valence-electron chi connectivity index (χ2n) is 6.91. The van der Waals surface area contributed by atoms with Gasteiger partial charge in [0.25, 0.3) is 0 Å². The summed E-state index contributed by atoms with van der Waals surface area (Å²) in [5.41, 5.74) is 0.483. The third-order valence-electron chi connectivity index (χ3n) is 4.40. The van der Waals surface area contributed by atoms with Gasteiger partial charge < -0.3 is 20.1 Å². The van der Waals surface area contributed by atoms with Crippen molar-refractivity contribution in [1.29, 1.82) is 0 Å². The topological polar surface area (TPSA) is 93.7 Å². The maximum Gasteiger partial charge on any atom is 0.338 e. The zero-order valence-electron chi connectivity index (χ0n) is 17.1. The van der Waals surface area contributed by atoms with Crippen LogP contribution in [0.15, 0.2) is 48.5 Å². The molecule has 2 N–H and O–H groups in total. The summed E-state index contributed by atoms with van der Waals surface area (Å²) in [5, 5.41) is 5.49. The molecule has 0 unspecified atom stereocenters. The van der Waals surface area contributed by atoms with Crippen LogP contribution in [0.4, 0.5) is 5.69 Å². The highest BCUT2D eigenvalue weighted by atomic mass is 16.5. The van der Waals surface area contributed by atoms with Gasteiger partial charge in [0, 0.05) is 12.2 Å². The number of hydrogen-bond donors (Lipinski definition) is 2. The number of carbonyl (C=O) groups is 3. The normalized spacial score (nSPS) is 10.8. The molecule has 0 spiro atoms. The summed E-state index contributed by atoms with van der Waals surface area (Å²) in [7, 11) is 1.59. The predicted molar refractivity (Wildman–Crippen MR) is 110 cm³/mol. The van der Waals surface area contributed by atoms with Crippen molar-refractivity contribution in [2.24, 2.45) is 5.41 Å². The van der Waals surface area contributed by atoms with Gasteiger partial charge >= 0.3 is 5.97 Å². The Balaban J connectivity index is 1.95. The molecule has 0 heterocycles. The van der Waals surface area contributed by atoms with E-state index in [1.165, 1.54) is 0 Å². The molecule has 7 heteroatoms. The van der Waals surface area contributed by atoms with Crippen LogP contribution in [-0.2, 0) is 20.9 Å². The highest BCUT2D eigenvalue weighted by Gasteiger charge is 2.36. The fourth-order valence-corrected chi connectivity index (χ4v) is 2.44. The molecule has 2 rings (SSSR count). The Morgan fingerprint density at radius 1 is 0.931 bits per heavy atom. The van der Waals surface area contributed by atoms with E-state index < -0.39 is 23.2 Å². The van der Waals surface area contributed by atoms with E-state index in [9.17, 15) is 14.4 Å². The van der Waals surface area contributed by atoms with Crippen molar-refractivity contribution in [3.05, 3.63) is 59.7 Å². The van der Waals surface area contributed by atoms with Gasteiger partial charge in [-0.25, -0.2) is 4.79 Å². The Morgan fingerprint density at radius 2 is 1.55 bits per heavy atom. The van der Waals surface area contributed by atoms with E-state index in [0.717, 1.165) is 11.3 Å². The van der Waals surface area contributed by atoms with E-state index in [2.05, 4.69) is 10.6 Å². The van der Waals surface area contributed by atoms with Crippen LogP contribution in [0.25, 0.3) is 0 Å². The predicted octanol–water partition coefficient (Wildman–Crippen LogP) is 3.15. The van der Waals surface area contributed by atoms with Crippen molar-refractivity contribution < 1.29 is 23.9 Å². The average molecular weight is 398 g/mol. The Morgan fingerprint density at radius 3 is 2.10 bits per heavy atom. The highest BCUT2D eigenvalue weighted by Crippen LogP contribution is 2.20. The van der Waals surface area contributed by atoms with E-state index >= 15 is 0 Å². The van der Waals surface area contributed by atoms with E-state index in [4.69, 9.17) is 9.47 Å². The first kappa shape index (κ1) is 21.9. The molecule has 0 aromatic heterocycles. The average Bonchev–Trinajstić information content (AvgIpc) is 2.72. The Hall–Kier alpha value is -3.35. The number of anilines is 1. The molecule has 2 aromatic rings. The summed E-state index contributed by atoms with van der Waals surface area (Å²) in [6.07, 6.45) is 0. The Bertz CT molecular complexity index is 858. The quantitative estimate of drug-likeness (QED) is 0.526. The molecular formula is C22H26N2O5. The number of esters is 1. The van der Waals surface area contributed by atoms with Crippen molar-refractivity contribution in [3.63, 3.8) is 0 Å². The molecule has 0 radical (unpaired) electrons. The van der Waals surface area contributed by atoms with Gasteiger partial charge in [0.15, 0.2) is 0 Å². The van der Waals surface area contributed by atoms with Crippen molar-refractivity contribution in [1.82, 2.24) is 5.32 Å². The van der Waals surface area contributed by atoms with Gasteiger partial charge in [0.05, 0.1) is 19.3 Å². The zero-order valence-corrected chi connectivity index (χ0v) is 17.1. The molecule has 7 nitrogen and oxygen atoms in total. The molecular weight excluding hydrogens is 372 g/mol. The molecule has 0 aliphatic carbocycles. The van der Waals surface area contributed by atoms with Gasteiger partial charge in [0.2, 0.25) is 11.8 Å². The molecule has 0 aliphatic rings. The minimum Gasteiger partial charge on any atom is -0.497 e. The Labute approximate surface area is 170 Å². The first-order valence-electron chi connectivity index (χ1n) is 9.27. The lowest BCUT2D eigenvalue weighted by Crippen LogP contribution is -2.44. The third-order valence-corrected chi connectivity index (χ3v) is 4.40. The summed E-state index contributed by atoms with van der Waals surface area (Å²) in [5.74, 6) is -0.542. The Kier molecular flexibility index (Phi) is 7.36. The minimum absolute atomic E-state index is 0.289. The molecule has 0 fully saturated rings. The summed E-state index contributed by atoms with van der Waals surface area (Å²) in [4.78, 5) is 36.8. The monoisotopic (exact) mass is 398 g/mol. The summed E-state index contributed by atoms with van der Waals surface area (Å²) in [6, 6.07) is 13.6. The van der Waals surface area contributed by atoms with E-state index in [0.29, 0.717) is 17.8 Å². The third kappa shape index (κ3) is 5.81. The number of benzene rings is 2. The van der Waals surface area contributed by atoms with Crippen molar-refractivity contribution in [2.75, 3.05) is 19.0 Å². The number of rotatable bonds is 8. The number of nitrogens with one attached hydrogen (secondary N) is 2. The molecule has 0 saturated heterocycles. The zero-order chi connectivity index (χ0) is 21.4. The first-order valence-corrected chi connectivity index (χ1v) is 9.27. The van der Waals surface area contributed by atoms with Crippen molar-refractivity contribution >= 4 is 23.5 Å².